The van der Waals surface area contributed by atoms with Crippen LogP contribution >= 0.6 is 0 Å². The quantitative estimate of drug-likeness (QED) is 0.801. The molecule has 2 aromatic heterocycles. The summed E-state index contributed by atoms with van der Waals surface area (Å²) in [5.41, 5.74) is 0.514. The first-order chi connectivity index (χ1) is 9.63. The molecule has 20 heavy (non-hydrogen) atoms. The number of nitrogens with one attached hydrogen (secondary N) is 2. The molecule has 0 spiro atoms. The fourth-order valence-corrected chi connectivity index (χ4v) is 2.69. The average molecular weight is 296 g/mol. The van der Waals surface area contributed by atoms with Gasteiger partial charge in [0.1, 0.15) is 17.0 Å². The number of hydrogen-bond donors (Lipinski definition) is 2. The zero-order valence-corrected chi connectivity index (χ0v) is 11.9. The Morgan fingerprint density at radius 2 is 2.20 bits per heavy atom. The highest BCUT2D eigenvalue weighted by molar-refractivity contribution is 7.89. The van der Waals surface area contributed by atoms with Gasteiger partial charge in [0.05, 0.1) is 12.2 Å². The van der Waals surface area contributed by atoms with Gasteiger partial charge in [-0.1, -0.05) is 12.1 Å². The van der Waals surface area contributed by atoms with Crippen molar-refractivity contribution in [2.75, 3.05) is 11.9 Å². The normalized spacial score (nSPS) is 11.4. The minimum absolute atomic E-state index is 0.0704. The summed E-state index contributed by atoms with van der Waals surface area (Å²) >= 11 is 0. The molecule has 0 saturated heterocycles. The lowest BCUT2D eigenvalue weighted by Gasteiger charge is -2.11. The van der Waals surface area contributed by atoms with Gasteiger partial charge in [0.15, 0.2) is 0 Å². The van der Waals surface area contributed by atoms with E-state index in [4.69, 9.17) is 0 Å². The van der Waals surface area contributed by atoms with Gasteiger partial charge >= 0.3 is 0 Å². The van der Waals surface area contributed by atoms with Crippen molar-refractivity contribution in [3.05, 3.63) is 36.4 Å². The number of aromatic nitrogens is 2. The van der Waals surface area contributed by atoms with Crippen molar-refractivity contribution >= 4 is 15.8 Å². The highest BCUT2D eigenvalue weighted by Crippen LogP contribution is 2.18. The van der Waals surface area contributed by atoms with Crippen LogP contribution in [0, 0.1) is 0 Å². The Morgan fingerprint density at radius 3 is 2.90 bits per heavy atom. The van der Waals surface area contributed by atoms with Gasteiger partial charge < -0.3 is 9.84 Å². The SMILES string of the molecule is CCCNc1ncccc1S(=O)(=O)NCc1ccon1. The van der Waals surface area contributed by atoms with E-state index in [1.807, 2.05) is 6.92 Å². The van der Waals surface area contributed by atoms with Crippen molar-refractivity contribution in [2.45, 2.75) is 24.8 Å². The third-order valence-electron chi connectivity index (χ3n) is 2.54. The molecule has 7 nitrogen and oxygen atoms in total. The lowest BCUT2D eigenvalue weighted by atomic mass is 10.4. The first kappa shape index (κ1) is 14.5. The van der Waals surface area contributed by atoms with Crippen LogP contribution in [-0.4, -0.2) is 25.1 Å². The Balaban J connectivity index is 2.16. The summed E-state index contributed by atoms with van der Waals surface area (Å²) in [6.45, 7) is 2.72. The molecule has 0 aromatic carbocycles. The second-order valence-corrected chi connectivity index (χ2v) is 5.83. The van der Waals surface area contributed by atoms with Gasteiger partial charge in [-0.05, 0) is 18.6 Å². The molecule has 2 N–H and O–H groups in total. The molecule has 2 rings (SSSR count). The highest BCUT2D eigenvalue weighted by Gasteiger charge is 2.19. The van der Waals surface area contributed by atoms with Crippen LogP contribution < -0.4 is 10.0 Å². The maximum absolute atomic E-state index is 12.3. The van der Waals surface area contributed by atoms with Crippen molar-refractivity contribution in [1.82, 2.24) is 14.9 Å². The molecule has 0 bridgehead atoms. The van der Waals surface area contributed by atoms with Crippen LogP contribution in [-0.2, 0) is 16.6 Å². The van der Waals surface area contributed by atoms with E-state index in [2.05, 4.69) is 24.7 Å². The summed E-state index contributed by atoms with van der Waals surface area (Å²) in [5, 5.41) is 6.65. The van der Waals surface area contributed by atoms with Crippen molar-refractivity contribution < 1.29 is 12.9 Å². The van der Waals surface area contributed by atoms with E-state index in [-0.39, 0.29) is 11.4 Å². The van der Waals surface area contributed by atoms with E-state index in [0.717, 1.165) is 6.42 Å². The van der Waals surface area contributed by atoms with Gasteiger partial charge in [0, 0.05) is 18.8 Å². The maximum atomic E-state index is 12.3. The molecule has 0 aliphatic heterocycles. The third kappa shape index (κ3) is 3.55. The molecule has 2 aromatic rings. The lowest BCUT2D eigenvalue weighted by molar-refractivity contribution is 0.411. The van der Waals surface area contributed by atoms with Crippen LogP contribution in [0.4, 0.5) is 5.82 Å². The summed E-state index contributed by atoms with van der Waals surface area (Å²) in [4.78, 5) is 4.19. The molecule has 2 heterocycles. The number of rotatable bonds is 7. The first-order valence-electron chi connectivity index (χ1n) is 6.21. The molecule has 0 amide bonds. The van der Waals surface area contributed by atoms with Crippen LogP contribution in [0.1, 0.15) is 19.0 Å². The molecule has 0 aliphatic rings. The highest BCUT2D eigenvalue weighted by atomic mass is 32.2. The molecular formula is C12H16N4O3S. The lowest BCUT2D eigenvalue weighted by Crippen LogP contribution is -2.24. The molecule has 0 aliphatic carbocycles. The van der Waals surface area contributed by atoms with Crippen LogP contribution in [0.15, 0.2) is 40.1 Å². The van der Waals surface area contributed by atoms with E-state index >= 15 is 0 Å². The predicted octanol–water partition coefficient (Wildman–Crippen LogP) is 1.37. The minimum Gasteiger partial charge on any atom is -0.369 e. The molecule has 8 heteroatoms. The van der Waals surface area contributed by atoms with Crippen LogP contribution in [0.5, 0.6) is 0 Å². The number of anilines is 1. The largest absolute Gasteiger partial charge is 0.369 e. The predicted molar refractivity (Wildman–Crippen MR) is 73.5 cm³/mol. The maximum Gasteiger partial charge on any atom is 0.244 e. The summed E-state index contributed by atoms with van der Waals surface area (Å²) < 4.78 is 31.6. The van der Waals surface area contributed by atoms with E-state index < -0.39 is 10.0 Å². The van der Waals surface area contributed by atoms with E-state index in [1.54, 1.807) is 18.3 Å². The zero-order chi connectivity index (χ0) is 14.4. The molecule has 0 fully saturated rings. The topological polar surface area (TPSA) is 97.1 Å². The van der Waals surface area contributed by atoms with Gasteiger partial charge in [-0.15, -0.1) is 0 Å². The van der Waals surface area contributed by atoms with Crippen molar-refractivity contribution in [2.24, 2.45) is 0 Å². The standard InChI is InChI=1S/C12H16N4O3S/c1-2-6-13-12-11(4-3-7-14-12)20(17,18)15-9-10-5-8-19-16-10/h3-5,7-8,15H,2,6,9H2,1H3,(H,13,14). The summed E-state index contributed by atoms with van der Waals surface area (Å²) in [5.74, 6) is 0.349. The number of hydrogen-bond acceptors (Lipinski definition) is 6. The Kier molecular flexibility index (Phi) is 4.70. The molecule has 0 atom stereocenters. The number of sulfonamides is 1. The zero-order valence-electron chi connectivity index (χ0n) is 11.0. The van der Waals surface area contributed by atoms with Crippen molar-refractivity contribution in [3.63, 3.8) is 0 Å². The Hall–Kier alpha value is -1.93. The Morgan fingerprint density at radius 1 is 1.35 bits per heavy atom. The summed E-state index contributed by atoms with van der Waals surface area (Å²) in [6.07, 6.45) is 3.82. The van der Waals surface area contributed by atoms with Crippen LogP contribution in [0.3, 0.4) is 0 Å². The van der Waals surface area contributed by atoms with Crippen molar-refractivity contribution in [3.8, 4) is 0 Å². The van der Waals surface area contributed by atoms with Gasteiger partial charge in [-0.25, -0.2) is 18.1 Å². The minimum atomic E-state index is -3.65. The summed E-state index contributed by atoms with van der Waals surface area (Å²) in [7, 11) is -3.65. The monoisotopic (exact) mass is 296 g/mol. The Labute approximate surface area is 117 Å². The smallest absolute Gasteiger partial charge is 0.244 e. The van der Waals surface area contributed by atoms with E-state index in [0.29, 0.717) is 18.1 Å². The van der Waals surface area contributed by atoms with Gasteiger partial charge in [-0.2, -0.15) is 0 Å². The summed E-state index contributed by atoms with van der Waals surface area (Å²) in [6, 6.07) is 4.69. The molecular weight excluding hydrogens is 280 g/mol. The van der Waals surface area contributed by atoms with Gasteiger partial charge in [-0.3, -0.25) is 0 Å². The molecule has 0 unspecified atom stereocenters. The van der Waals surface area contributed by atoms with Crippen LogP contribution in [0.25, 0.3) is 0 Å². The second-order valence-electron chi connectivity index (χ2n) is 4.09. The Bertz CT molecular complexity index is 640. The molecule has 0 saturated carbocycles. The van der Waals surface area contributed by atoms with E-state index in [1.165, 1.54) is 12.3 Å². The fourth-order valence-electron chi connectivity index (χ4n) is 1.56. The van der Waals surface area contributed by atoms with Gasteiger partial charge in [0.25, 0.3) is 0 Å². The van der Waals surface area contributed by atoms with Gasteiger partial charge in [0.2, 0.25) is 10.0 Å². The van der Waals surface area contributed by atoms with E-state index in [9.17, 15) is 8.42 Å². The molecule has 0 radical (unpaired) electrons. The number of nitrogens with zero attached hydrogens (tertiary/aromatic N) is 2. The number of pyridine rings is 1. The molecule has 108 valence electrons. The van der Waals surface area contributed by atoms with Crippen LogP contribution in [0.2, 0.25) is 0 Å². The first-order valence-corrected chi connectivity index (χ1v) is 7.69. The van der Waals surface area contributed by atoms with Crippen molar-refractivity contribution in [1.29, 1.82) is 0 Å². The second kappa shape index (κ2) is 6.49. The average Bonchev–Trinajstić information content (AvgIpc) is 2.97. The third-order valence-corrected chi connectivity index (χ3v) is 3.97. The fraction of sp³-hybridized carbons (Fsp3) is 0.333.